The maximum absolute atomic E-state index is 12.8. The van der Waals surface area contributed by atoms with Crippen molar-refractivity contribution in [2.24, 2.45) is 5.92 Å². The van der Waals surface area contributed by atoms with Crippen molar-refractivity contribution in [3.05, 3.63) is 35.4 Å². The van der Waals surface area contributed by atoms with Crippen molar-refractivity contribution in [1.29, 1.82) is 0 Å². The molecule has 2 atom stereocenters. The zero-order chi connectivity index (χ0) is 21.2. The van der Waals surface area contributed by atoms with Crippen molar-refractivity contribution >= 4 is 23.8 Å². The van der Waals surface area contributed by atoms with Crippen LogP contribution >= 0.6 is 0 Å². The molecule has 0 radical (unpaired) electrons. The largest absolute Gasteiger partial charge is 0.454 e. The molecule has 156 valence electrons. The number of hydrogen-bond acceptors (Lipinski definition) is 5. The quantitative estimate of drug-likeness (QED) is 0.597. The van der Waals surface area contributed by atoms with E-state index in [1.807, 2.05) is 19.1 Å². The summed E-state index contributed by atoms with van der Waals surface area (Å²) in [4.78, 5) is 52.0. The van der Waals surface area contributed by atoms with E-state index in [1.54, 1.807) is 24.0 Å². The summed E-state index contributed by atoms with van der Waals surface area (Å²) >= 11 is 0. The van der Waals surface area contributed by atoms with Gasteiger partial charge in [0.1, 0.15) is 12.1 Å². The summed E-state index contributed by atoms with van der Waals surface area (Å²) in [6.07, 6.45) is 2.01. The van der Waals surface area contributed by atoms with Crippen LogP contribution in [0.3, 0.4) is 0 Å². The molecule has 0 aromatic heterocycles. The van der Waals surface area contributed by atoms with Gasteiger partial charge < -0.3 is 15.0 Å². The van der Waals surface area contributed by atoms with Crippen molar-refractivity contribution in [3.8, 4) is 0 Å². The fourth-order valence-corrected chi connectivity index (χ4v) is 3.75. The summed E-state index contributed by atoms with van der Waals surface area (Å²) < 4.78 is 5.04. The molecule has 1 aromatic rings. The molecule has 8 heteroatoms. The Balaban J connectivity index is 1.57. The van der Waals surface area contributed by atoms with Gasteiger partial charge in [-0.1, -0.05) is 36.8 Å². The van der Waals surface area contributed by atoms with Crippen LogP contribution in [0.15, 0.2) is 24.3 Å². The van der Waals surface area contributed by atoms with Crippen LogP contribution in [0.1, 0.15) is 37.8 Å². The smallest absolute Gasteiger partial charge is 0.326 e. The molecule has 2 saturated heterocycles. The SMILES string of the molecule is Cc1ccc([C@@]2(C)NC(=O)N(CC(=O)OCC(=O)N3CCC[C@H](C)C3)C2=O)cc1. The molecule has 0 unspecified atom stereocenters. The van der Waals surface area contributed by atoms with Crippen LogP contribution in [-0.2, 0) is 24.7 Å². The number of benzene rings is 1. The molecule has 0 aliphatic carbocycles. The molecule has 2 fully saturated rings. The summed E-state index contributed by atoms with van der Waals surface area (Å²) in [5.41, 5.74) is 0.416. The summed E-state index contributed by atoms with van der Waals surface area (Å²) in [6.45, 7) is 5.99. The highest BCUT2D eigenvalue weighted by Crippen LogP contribution is 2.29. The number of nitrogens with zero attached hydrogens (tertiary/aromatic N) is 2. The van der Waals surface area contributed by atoms with Crippen LogP contribution in [-0.4, -0.2) is 59.9 Å². The van der Waals surface area contributed by atoms with Gasteiger partial charge in [0.25, 0.3) is 11.8 Å². The lowest BCUT2D eigenvalue weighted by Gasteiger charge is -2.30. The standard InChI is InChI=1S/C21H27N3O5/c1-14-6-8-16(9-7-14)21(3)19(27)24(20(28)22-21)12-18(26)29-13-17(25)23-10-4-5-15(2)11-23/h6-9,15H,4-5,10-13H2,1-3H3,(H,22,28)/t15-,21+/m0/s1. The first-order valence-electron chi connectivity index (χ1n) is 9.85. The summed E-state index contributed by atoms with van der Waals surface area (Å²) in [6, 6.07) is 6.58. The van der Waals surface area contributed by atoms with E-state index in [-0.39, 0.29) is 12.5 Å². The van der Waals surface area contributed by atoms with E-state index in [4.69, 9.17) is 4.74 Å². The molecule has 29 heavy (non-hydrogen) atoms. The minimum Gasteiger partial charge on any atom is -0.454 e. The lowest BCUT2D eigenvalue weighted by Crippen LogP contribution is -2.43. The predicted octanol–water partition coefficient (Wildman–Crippen LogP) is 1.56. The van der Waals surface area contributed by atoms with Crippen LogP contribution in [0.5, 0.6) is 0 Å². The van der Waals surface area contributed by atoms with E-state index >= 15 is 0 Å². The van der Waals surface area contributed by atoms with Gasteiger partial charge in [0.05, 0.1) is 0 Å². The van der Waals surface area contributed by atoms with Gasteiger partial charge in [-0.25, -0.2) is 4.79 Å². The van der Waals surface area contributed by atoms with Crippen LogP contribution in [0, 0.1) is 12.8 Å². The van der Waals surface area contributed by atoms with Crippen molar-refractivity contribution in [3.63, 3.8) is 0 Å². The Hall–Kier alpha value is -2.90. The third-order valence-electron chi connectivity index (χ3n) is 5.56. The van der Waals surface area contributed by atoms with Gasteiger partial charge in [0, 0.05) is 13.1 Å². The van der Waals surface area contributed by atoms with E-state index in [1.165, 1.54) is 0 Å². The Labute approximate surface area is 170 Å². The fourth-order valence-electron chi connectivity index (χ4n) is 3.75. The predicted molar refractivity (Wildman–Crippen MR) is 105 cm³/mol. The number of aryl methyl sites for hydroxylation is 1. The topological polar surface area (TPSA) is 96.0 Å². The number of nitrogens with one attached hydrogen (secondary N) is 1. The third-order valence-corrected chi connectivity index (χ3v) is 5.56. The van der Waals surface area contributed by atoms with E-state index in [2.05, 4.69) is 12.2 Å². The molecule has 1 N–H and O–H groups in total. The van der Waals surface area contributed by atoms with E-state index < -0.39 is 30.0 Å². The number of ether oxygens (including phenoxy) is 1. The van der Waals surface area contributed by atoms with Crippen LogP contribution in [0.4, 0.5) is 4.79 Å². The highest BCUT2D eigenvalue weighted by atomic mass is 16.5. The number of carbonyl (C=O) groups is 4. The number of likely N-dealkylation sites (tertiary alicyclic amines) is 1. The average Bonchev–Trinajstić information content (AvgIpc) is 2.90. The molecule has 2 heterocycles. The van der Waals surface area contributed by atoms with Crippen molar-refractivity contribution < 1.29 is 23.9 Å². The Kier molecular flexibility index (Phi) is 5.91. The number of carbonyl (C=O) groups excluding carboxylic acids is 4. The van der Waals surface area contributed by atoms with Gasteiger partial charge in [0.15, 0.2) is 6.61 Å². The monoisotopic (exact) mass is 401 g/mol. The maximum atomic E-state index is 12.8. The Morgan fingerprint density at radius 1 is 1.24 bits per heavy atom. The van der Waals surface area contributed by atoms with Crippen molar-refractivity contribution in [2.45, 2.75) is 39.2 Å². The van der Waals surface area contributed by atoms with Gasteiger partial charge >= 0.3 is 12.0 Å². The zero-order valence-corrected chi connectivity index (χ0v) is 17.1. The third kappa shape index (κ3) is 4.41. The van der Waals surface area contributed by atoms with Crippen molar-refractivity contribution in [2.75, 3.05) is 26.2 Å². The number of rotatable bonds is 5. The van der Waals surface area contributed by atoms with Crippen LogP contribution < -0.4 is 5.32 Å². The Morgan fingerprint density at radius 2 is 1.93 bits per heavy atom. The van der Waals surface area contributed by atoms with Crippen LogP contribution in [0.25, 0.3) is 0 Å². The van der Waals surface area contributed by atoms with Gasteiger partial charge in [-0.3, -0.25) is 19.3 Å². The second kappa shape index (κ2) is 8.23. The highest BCUT2D eigenvalue weighted by Gasteiger charge is 2.49. The molecule has 0 saturated carbocycles. The van der Waals surface area contributed by atoms with E-state index in [0.717, 1.165) is 23.3 Å². The highest BCUT2D eigenvalue weighted by molar-refractivity contribution is 6.08. The first-order valence-corrected chi connectivity index (χ1v) is 9.85. The molecule has 2 aliphatic rings. The zero-order valence-electron chi connectivity index (χ0n) is 17.1. The second-order valence-corrected chi connectivity index (χ2v) is 8.06. The Bertz CT molecular complexity index is 822. The lowest BCUT2D eigenvalue weighted by atomic mass is 9.91. The van der Waals surface area contributed by atoms with E-state index in [9.17, 15) is 19.2 Å². The first kappa shape index (κ1) is 20.8. The van der Waals surface area contributed by atoms with E-state index in [0.29, 0.717) is 24.6 Å². The number of amides is 4. The molecule has 4 amide bonds. The summed E-state index contributed by atoms with van der Waals surface area (Å²) in [5.74, 6) is -1.15. The molecule has 0 bridgehead atoms. The number of esters is 1. The minimum atomic E-state index is -1.25. The number of urea groups is 1. The molecule has 3 rings (SSSR count). The second-order valence-electron chi connectivity index (χ2n) is 8.06. The van der Waals surface area contributed by atoms with Crippen molar-refractivity contribution in [1.82, 2.24) is 15.1 Å². The molecule has 8 nitrogen and oxygen atoms in total. The minimum absolute atomic E-state index is 0.258. The van der Waals surface area contributed by atoms with Crippen LogP contribution in [0.2, 0.25) is 0 Å². The molecule has 0 spiro atoms. The molecular formula is C21H27N3O5. The number of imide groups is 1. The average molecular weight is 401 g/mol. The van der Waals surface area contributed by atoms with Gasteiger partial charge in [0.2, 0.25) is 0 Å². The summed E-state index contributed by atoms with van der Waals surface area (Å²) in [5, 5.41) is 2.65. The maximum Gasteiger partial charge on any atom is 0.326 e. The normalized spacial score (nSPS) is 24.4. The van der Waals surface area contributed by atoms with Gasteiger partial charge in [-0.15, -0.1) is 0 Å². The molecular weight excluding hydrogens is 374 g/mol. The lowest BCUT2D eigenvalue weighted by molar-refractivity contribution is -0.154. The number of hydrogen-bond donors (Lipinski definition) is 1. The number of piperidine rings is 1. The molecule has 2 aliphatic heterocycles. The Morgan fingerprint density at radius 3 is 2.59 bits per heavy atom. The van der Waals surface area contributed by atoms with Gasteiger partial charge in [-0.05, 0) is 38.2 Å². The first-order chi connectivity index (χ1) is 13.7. The molecule has 1 aromatic carbocycles. The van der Waals surface area contributed by atoms with Gasteiger partial charge in [-0.2, -0.15) is 0 Å². The fraction of sp³-hybridized carbons (Fsp3) is 0.524. The summed E-state index contributed by atoms with van der Waals surface area (Å²) in [7, 11) is 0.